The molecule has 0 spiro atoms. The fourth-order valence-corrected chi connectivity index (χ4v) is 2.59. The predicted molar refractivity (Wildman–Crippen MR) is 85.9 cm³/mol. The number of hydrogen-bond acceptors (Lipinski definition) is 2. The Hall–Kier alpha value is -1.26. The molecule has 2 amide bonds. The first-order chi connectivity index (χ1) is 10.2. The highest BCUT2D eigenvalue weighted by Crippen LogP contribution is 2.20. The number of urea groups is 1. The maximum Gasteiger partial charge on any atom is 0.319 e. The first-order valence-corrected chi connectivity index (χ1v) is 8.04. The van der Waals surface area contributed by atoms with E-state index in [9.17, 15) is 4.79 Å². The molecule has 1 aliphatic rings. The number of halogens is 1. The molecule has 1 fully saturated rings. The van der Waals surface area contributed by atoms with Crippen LogP contribution in [0.15, 0.2) is 24.3 Å². The summed E-state index contributed by atoms with van der Waals surface area (Å²) in [4.78, 5) is 11.7. The number of anilines is 1. The van der Waals surface area contributed by atoms with Gasteiger partial charge in [-0.1, -0.05) is 30.9 Å². The maximum absolute atomic E-state index is 11.7. The number of hydrogen-bond donors (Lipinski definition) is 2. The summed E-state index contributed by atoms with van der Waals surface area (Å²) in [5, 5.41) is 6.23. The van der Waals surface area contributed by atoms with Crippen LogP contribution in [0.3, 0.4) is 0 Å². The molecule has 21 heavy (non-hydrogen) atoms. The van der Waals surface area contributed by atoms with Crippen LogP contribution in [0.1, 0.15) is 38.5 Å². The highest BCUT2D eigenvalue weighted by atomic mass is 35.5. The van der Waals surface area contributed by atoms with E-state index in [2.05, 4.69) is 10.6 Å². The Morgan fingerprint density at radius 2 is 1.90 bits per heavy atom. The molecule has 0 aromatic heterocycles. The van der Waals surface area contributed by atoms with E-state index >= 15 is 0 Å². The number of amides is 2. The summed E-state index contributed by atoms with van der Waals surface area (Å²) in [6.45, 7) is 1.33. The smallest absolute Gasteiger partial charge is 0.319 e. The van der Waals surface area contributed by atoms with Crippen LogP contribution in [0.4, 0.5) is 10.5 Å². The van der Waals surface area contributed by atoms with Crippen LogP contribution in [0, 0.1) is 0 Å². The topological polar surface area (TPSA) is 50.4 Å². The van der Waals surface area contributed by atoms with Gasteiger partial charge in [-0.2, -0.15) is 0 Å². The molecule has 0 bridgehead atoms. The minimum absolute atomic E-state index is 0.199. The van der Waals surface area contributed by atoms with Gasteiger partial charge in [-0.05, 0) is 43.5 Å². The van der Waals surface area contributed by atoms with Gasteiger partial charge in [0.2, 0.25) is 0 Å². The molecule has 2 rings (SSSR count). The van der Waals surface area contributed by atoms with E-state index < -0.39 is 0 Å². The van der Waals surface area contributed by atoms with Crippen LogP contribution in [0.25, 0.3) is 0 Å². The third kappa shape index (κ3) is 6.36. The molecule has 2 N–H and O–H groups in total. The number of rotatable bonds is 6. The SMILES string of the molecule is O=C(NCCCOC1CCCCC1)Nc1ccc(Cl)cc1. The summed E-state index contributed by atoms with van der Waals surface area (Å²) < 4.78 is 5.81. The molecule has 0 radical (unpaired) electrons. The number of benzene rings is 1. The van der Waals surface area contributed by atoms with E-state index in [1.165, 1.54) is 32.1 Å². The number of nitrogens with one attached hydrogen (secondary N) is 2. The van der Waals surface area contributed by atoms with Gasteiger partial charge < -0.3 is 15.4 Å². The van der Waals surface area contributed by atoms with Crippen molar-refractivity contribution in [3.8, 4) is 0 Å². The largest absolute Gasteiger partial charge is 0.378 e. The quantitative estimate of drug-likeness (QED) is 0.774. The molecule has 5 heteroatoms. The van der Waals surface area contributed by atoms with Crippen molar-refractivity contribution in [1.82, 2.24) is 5.32 Å². The number of carbonyl (C=O) groups is 1. The lowest BCUT2D eigenvalue weighted by Crippen LogP contribution is -2.30. The van der Waals surface area contributed by atoms with Crippen molar-refractivity contribution in [1.29, 1.82) is 0 Å². The van der Waals surface area contributed by atoms with E-state index in [0.717, 1.165) is 12.1 Å². The Bertz CT molecular complexity index is 430. The zero-order valence-electron chi connectivity index (χ0n) is 12.2. The molecule has 1 aromatic rings. The molecule has 1 aromatic carbocycles. The third-order valence-corrected chi connectivity index (χ3v) is 3.87. The molecule has 0 saturated heterocycles. The second-order valence-electron chi connectivity index (χ2n) is 5.37. The molecule has 0 atom stereocenters. The Balaban J connectivity index is 1.53. The standard InChI is InChI=1S/C16H23ClN2O2/c17-13-7-9-14(10-8-13)19-16(20)18-11-4-12-21-15-5-2-1-3-6-15/h7-10,15H,1-6,11-12H2,(H2,18,19,20). The second kappa shape index (κ2) is 8.90. The van der Waals surface area contributed by atoms with E-state index in [0.29, 0.717) is 24.3 Å². The minimum atomic E-state index is -0.199. The maximum atomic E-state index is 11.7. The van der Waals surface area contributed by atoms with Crippen molar-refractivity contribution in [2.24, 2.45) is 0 Å². The highest BCUT2D eigenvalue weighted by molar-refractivity contribution is 6.30. The van der Waals surface area contributed by atoms with Gasteiger partial charge in [0.15, 0.2) is 0 Å². The van der Waals surface area contributed by atoms with Crippen molar-refractivity contribution in [2.45, 2.75) is 44.6 Å². The number of ether oxygens (including phenoxy) is 1. The van der Waals surface area contributed by atoms with E-state index in [1.54, 1.807) is 24.3 Å². The van der Waals surface area contributed by atoms with Gasteiger partial charge in [-0.3, -0.25) is 0 Å². The summed E-state index contributed by atoms with van der Waals surface area (Å²) >= 11 is 5.79. The van der Waals surface area contributed by atoms with Crippen LogP contribution in [-0.4, -0.2) is 25.3 Å². The fourth-order valence-electron chi connectivity index (χ4n) is 2.46. The van der Waals surface area contributed by atoms with Gasteiger partial charge in [0.1, 0.15) is 0 Å². The summed E-state index contributed by atoms with van der Waals surface area (Å²) in [5.74, 6) is 0. The molecule has 0 heterocycles. The van der Waals surface area contributed by atoms with Crippen LogP contribution in [-0.2, 0) is 4.74 Å². The monoisotopic (exact) mass is 310 g/mol. The summed E-state index contributed by atoms with van der Waals surface area (Å²) in [6.07, 6.45) is 7.55. The Labute approximate surface area is 131 Å². The first-order valence-electron chi connectivity index (χ1n) is 7.66. The molecule has 1 saturated carbocycles. The van der Waals surface area contributed by atoms with Crippen molar-refractivity contribution >= 4 is 23.3 Å². The lowest BCUT2D eigenvalue weighted by molar-refractivity contribution is 0.0276. The van der Waals surface area contributed by atoms with Gasteiger partial charge in [0.25, 0.3) is 0 Å². The Morgan fingerprint density at radius 1 is 1.19 bits per heavy atom. The highest BCUT2D eigenvalue weighted by Gasteiger charge is 2.13. The molecule has 116 valence electrons. The Morgan fingerprint density at radius 3 is 2.62 bits per heavy atom. The van der Waals surface area contributed by atoms with E-state index in [-0.39, 0.29) is 6.03 Å². The van der Waals surface area contributed by atoms with Gasteiger partial charge in [-0.15, -0.1) is 0 Å². The second-order valence-corrected chi connectivity index (χ2v) is 5.81. The average Bonchev–Trinajstić information content (AvgIpc) is 2.50. The average molecular weight is 311 g/mol. The van der Waals surface area contributed by atoms with Crippen molar-refractivity contribution < 1.29 is 9.53 Å². The summed E-state index contributed by atoms with van der Waals surface area (Å²) in [5.41, 5.74) is 0.732. The lowest BCUT2D eigenvalue weighted by Gasteiger charge is -2.21. The molecule has 0 unspecified atom stereocenters. The normalized spacial score (nSPS) is 15.7. The Kier molecular flexibility index (Phi) is 6.83. The lowest BCUT2D eigenvalue weighted by atomic mass is 9.98. The predicted octanol–water partition coefficient (Wildman–Crippen LogP) is 4.20. The fraction of sp³-hybridized carbons (Fsp3) is 0.562. The number of carbonyl (C=O) groups excluding carboxylic acids is 1. The van der Waals surface area contributed by atoms with E-state index in [1.807, 2.05) is 0 Å². The van der Waals surface area contributed by atoms with Crippen molar-refractivity contribution in [3.63, 3.8) is 0 Å². The van der Waals surface area contributed by atoms with Crippen LogP contribution in [0.2, 0.25) is 5.02 Å². The van der Waals surface area contributed by atoms with Gasteiger partial charge in [-0.25, -0.2) is 4.79 Å². The zero-order chi connectivity index (χ0) is 14.9. The van der Waals surface area contributed by atoms with Crippen LogP contribution >= 0.6 is 11.6 Å². The third-order valence-electron chi connectivity index (χ3n) is 3.61. The zero-order valence-corrected chi connectivity index (χ0v) is 13.0. The molecular weight excluding hydrogens is 288 g/mol. The van der Waals surface area contributed by atoms with Crippen LogP contribution < -0.4 is 10.6 Å². The molecule has 4 nitrogen and oxygen atoms in total. The first kappa shape index (κ1) is 16.1. The molecular formula is C16H23ClN2O2. The van der Waals surface area contributed by atoms with Gasteiger partial charge in [0, 0.05) is 23.9 Å². The minimum Gasteiger partial charge on any atom is -0.378 e. The van der Waals surface area contributed by atoms with Gasteiger partial charge >= 0.3 is 6.03 Å². The van der Waals surface area contributed by atoms with Crippen molar-refractivity contribution in [3.05, 3.63) is 29.3 Å². The van der Waals surface area contributed by atoms with Crippen LogP contribution in [0.5, 0.6) is 0 Å². The van der Waals surface area contributed by atoms with Crippen molar-refractivity contribution in [2.75, 3.05) is 18.5 Å². The molecule has 1 aliphatic carbocycles. The van der Waals surface area contributed by atoms with E-state index in [4.69, 9.17) is 16.3 Å². The molecule has 0 aliphatic heterocycles. The summed E-state index contributed by atoms with van der Waals surface area (Å²) in [6, 6.07) is 6.84. The van der Waals surface area contributed by atoms with Gasteiger partial charge in [0.05, 0.1) is 6.10 Å². The summed E-state index contributed by atoms with van der Waals surface area (Å²) in [7, 11) is 0.